The number of anilines is 1. The summed E-state index contributed by atoms with van der Waals surface area (Å²) in [6, 6.07) is 27.9. The highest BCUT2D eigenvalue weighted by Crippen LogP contribution is 2.22. The predicted molar refractivity (Wildman–Crippen MR) is 151 cm³/mol. The lowest BCUT2D eigenvalue weighted by molar-refractivity contribution is -0.626. The van der Waals surface area contributed by atoms with E-state index >= 15 is 0 Å². The van der Waals surface area contributed by atoms with E-state index in [9.17, 15) is 0 Å². The third-order valence-corrected chi connectivity index (χ3v) is 7.77. The van der Waals surface area contributed by atoms with E-state index in [1.165, 1.54) is 28.0 Å². The van der Waals surface area contributed by atoms with E-state index in [0.717, 1.165) is 74.8 Å². The maximum absolute atomic E-state index is 4.92. The summed E-state index contributed by atoms with van der Waals surface area (Å²) in [7, 11) is 2.11. The van der Waals surface area contributed by atoms with Crippen LogP contribution in [-0.4, -0.2) is 65.5 Å². The molecule has 7 heteroatoms. The normalized spacial score (nSPS) is 14.8. The Balaban J connectivity index is 1.16. The van der Waals surface area contributed by atoms with E-state index in [1.807, 2.05) is 0 Å². The zero-order chi connectivity index (χ0) is 24.6. The number of thiol groups is 1. The SMILES string of the molecule is C[NH2+]CCCNc1nc(CN2CCN([SH+]c3ccc(-c4ccccc4)cc3)CC2)nc2ccccc12. The summed E-state index contributed by atoms with van der Waals surface area (Å²) in [5.41, 5.74) is 3.55. The van der Waals surface area contributed by atoms with E-state index in [0.29, 0.717) is 0 Å². The molecule has 186 valence electrons. The number of para-hydroxylation sites is 1. The van der Waals surface area contributed by atoms with Crippen LogP contribution in [-0.2, 0) is 18.5 Å². The summed E-state index contributed by atoms with van der Waals surface area (Å²) in [6.45, 7) is 6.99. The number of aromatic nitrogens is 2. The fourth-order valence-corrected chi connectivity index (χ4v) is 5.54. The molecule has 0 atom stereocenters. The minimum absolute atomic E-state index is 0.790. The number of rotatable bonds is 10. The van der Waals surface area contributed by atoms with Gasteiger partial charge in [-0.15, -0.1) is 4.31 Å². The van der Waals surface area contributed by atoms with E-state index in [2.05, 4.69) is 106 Å². The van der Waals surface area contributed by atoms with Crippen molar-refractivity contribution in [1.82, 2.24) is 19.2 Å². The molecule has 0 radical (unpaired) electrons. The van der Waals surface area contributed by atoms with Crippen molar-refractivity contribution >= 4 is 28.7 Å². The average molecular weight is 501 g/mol. The molecule has 4 aromatic rings. The fraction of sp³-hybridized carbons (Fsp3) is 0.310. The highest BCUT2D eigenvalue weighted by Gasteiger charge is 2.24. The largest absolute Gasteiger partial charge is 0.369 e. The van der Waals surface area contributed by atoms with Gasteiger partial charge in [-0.2, -0.15) is 0 Å². The Kier molecular flexibility index (Phi) is 8.46. The van der Waals surface area contributed by atoms with Gasteiger partial charge in [0.1, 0.15) is 11.6 Å². The molecule has 0 amide bonds. The van der Waals surface area contributed by atoms with Gasteiger partial charge >= 0.3 is 0 Å². The van der Waals surface area contributed by atoms with Crippen molar-refractivity contribution in [3.63, 3.8) is 0 Å². The van der Waals surface area contributed by atoms with Crippen LogP contribution in [0, 0.1) is 0 Å². The number of hydrogen-bond donors (Lipinski definition) is 2. The third kappa shape index (κ3) is 6.42. The average Bonchev–Trinajstić information content (AvgIpc) is 2.93. The second kappa shape index (κ2) is 12.3. The second-order valence-corrected chi connectivity index (χ2v) is 10.5. The maximum atomic E-state index is 4.92. The number of quaternary nitrogens is 1. The molecule has 0 unspecified atom stereocenters. The number of benzene rings is 3. The summed E-state index contributed by atoms with van der Waals surface area (Å²) in [5, 5.41) is 6.86. The summed E-state index contributed by atoms with van der Waals surface area (Å²) < 4.78 is 2.52. The van der Waals surface area contributed by atoms with Crippen molar-refractivity contribution in [1.29, 1.82) is 0 Å². The molecule has 3 aromatic carbocycles. The Bertz CT molecular complexity index is 1240. The van der Waals surface area contributed by atoms with Gasteiger partial charge in [0.05, 0.1) is 50.7 Å². The number of fused-ring (bicyclic) bond motifs is 1. The lowest BCUT2D eigenvalue weighted by atomic mass is 10.1. The van der Waals surface area contributed by atoms with Crippen LogP contribution in [0.2, 0.25) is 0 Å². The molecule has 0 spiro atoms. The quantitative estimate of drug-likeness (QED) is 0.199. The summed E-state index contributed by atoms with van der Waals surface area (Å²) in [5.74, 6) is 1.86. The molecule has 3 N–H and O–H groups in total. The van der Waals surface area contributed by atoms with E-state index in [1.54, 1.807) is 0 Å². The summed E-state index contributed by atoms with van der Waals surface area (Å²) in [4.78, 5) is 13.6. The first-order valence-electron chi connectivity index (χ1n) is 12.9. The van der Waals surface area contributed by atoms with E-state index in [4.69, 9.17) is 9.97 Å². The molecule has 0 aliphatic carbocycles. The van der Waals surface area contributed by atoms with Crippen LogP contribution in [0.25, 0.3) is 22.0 Å². The minimum Gasteiger partial charge on any atom is -0.369 e. The molecule has 36 heavy (non-hydrogen) atoms. The number of nitrogens with two attached hydrogens (primary N) is 1. The van der Waals surface area contributed by atoms with E-state index in [-0.39, 0.29) is 0 Å². The molecule has 1 aromatic heterocycles. The highest BCUT2D eigenvalue weighted by atomic mass is 32.2. The second-order valence-electron chi connectivity index (χ2n) is 9.23. The molecule has 6 nitrogen and oxygen atoms in total. The van der Waals surface area contributed by atoms with Gasteiger partial charge in [0.25, 0.3) is 0 Å². The Morgan fingerprint density at radius 1 is 0.833 bits per heavy atom. The summed E-state index contributed by atoms with van der Waals surface area (Å²) in [6.07, 6.45) is 1.11. The fourth-order valence-electron chi connectivity index (χ4n) is 4.55. The number of nitrogens with one attached hydrogen (secondary N) is 1. The van der Waals surface area contributed by atoms with Crippen molar-refractivity contribution in [3.8, 4) is 11.1 Å². The standard InChI is InChI=1S/C29H34N6S/c1-30-16-7-17-31-29-26-10-5-6-11-27(26)32-28(33-29)22-34-18-20-35(21-19-34)36-25-14-12-24(13-15-25)23-8-3-2-4-9-23/h2-6,8-15,30H,7,16-22H2,1H3,(H,31,32,33)/p+2. The Morgan fingerprint density at radius 3 is 2.33 bits per heavy atom. The van der Waals surface area contributed by atoms with Crippen LogP contribution in [0.4, 0.5) is 5.82 Å². The third-order valence-electron chi connectivity index (χ3n) is 6.56. The number of hydrogen-bond acceptors (Lipinski definition) is 5. The van der Waals surface area contributed by atoms with Gasteiger partial charge in [0.15, 0.2) is 4.90 Å². The number of nitrogens with zero attached hydrogens (tertiary/aromatic N) is 4. The zero-order valence-corrected chi connectivity index (χ0v) is 21.9. The van der Waals surface area contributed by atoms with Crippen LogP contribution in [0.1, 0.15) is 12.2 Å². The molecular formula is C29H36N6S+2. The van der Waals surface area contributed by atoms with Gasteiger partial charge in [-0.1, -0.05) is 42.5 Å². The van der Waals surface area contributed by atoms with Gasteiger partial charge in [0.2, 0.25) is 0 Å². The van der Waals surface area contributed by atoms with Crippen molar-refractivity contribution in [2.24, 2.45) is 0 Å². The molecule has 1 saturated heterocycles. The van der Waals surface area contributed by atoms with Crippen molar-refractivity contribution in [3.05, 3.63) is 84.7 Å². The minimum atomic E-state index is 0.790. The van der Waals surface area contributed by atoms with Crippen LogP contribution in [0.5, 0.6) is 0 Å². The lowest BCUT2D eigenvalue weighted by Crippen LogP contribution is -2.79. The van der Waals surface area contributed by atoms with Crippen molar-refractivity contribution < 1.29 is 5.32 Å². The first-order chi connectivity index (χ1) is 17.8. The van der Waals surface area contributed by atoms with Crippen LogP contribution in [0.3, 0.4) is 0 Å². The molecular weight excluding hydrogens is 464 g/mol. The molecule has 2 heterocycles. The van der Waals surface area contributed by atoms with Crippen LogP contribution >= 0.6 is 0 Å². The Morgan fingerprint density at radius 2 is 1.56 bits per heavy atom. The Hall–Kier alpha value is -2.97. The monoisotopic (exact) mass is 500 g/mol. The van der Waals surface area contributed by atoms with E-state index < -0.39 is 0 Å². The maximum Gasteiger partial charge on any atom is 0.173 e. The topological polar surface area (TPSA) is 60.9 Å². The van der Waals surface area contributed by atoms with Gasteiger partial charge < -0.3 is 10.6 Å². The van der Waals surface area contributed by atoms with Crippen LogP contribution < -0.4 is 10.6 Å². The van der Waals surface area contributed by atoms with Gasteiger partial charge in [-0.05, 0) is 47.5 Å². The molecule has 0 bridgehead atoms. The van der Waals surface area contributed by atoms with Crippen molar-refractivity contribution in [2.75, 3.05) is 51.6 Å². The number of piperazine rings is 1. The first-order valence-corrected chi connectivity index (χ1v) is 13.7. The smallest absolute Gasteiger partial charge is 0.173 e. The molecule has 1 aliphatic rings. The van der Waals surface area contributed by atoms with Crippen molar-refractivity contribution in [2.45, 2.75) is 17.9 Å². The molecule has 0 saturated carbocycles. The van der Waals surface area contributed by atoms with Gasteiger partial charge in [-0.25, -0.2) is 9.97 Å². The van der Waals surface area contributed by atoms with Crippen LogP contribution in [0.15, 0.2) is 83.8 Å². The molecule has 5 rings (SSSR count). The Labute approximate surface area is 218 Å². The lowest BCUT2D eigenvalue weighted by Gasteiger charge is -2.29. The van der Waals surface area contributed by atoms with Gasteiger partial charge in [-0.3, -0.25) is 4.90 Å². The van der Waals surface area contributed by atoms with Gasteiger partial charge in [0, 0.05) is 31.4 Å². The predicted octanol–water partition coefficient (Wildman–Crippen LogP) is 3.20. The molecule has 1 aliphatic heterocycles. The highest BCUT2D eigenvalue weighted by molar-refractivity contribution is 7.76. The first kappa shape index (κ1) is 24.7. The summed E-state index contributed by atoms with van der Waals surface area (Å²) >= 11 is 1.28. The molecule has 1 fully saturated rings. The zero-order valence-electron chi connectivity index (χ0n) is 21.0.